The molecule has 0 heterocycles. The number of aryl methyl sites for hydroxylation is 6. The first kappa shape index (κ1) is 50.7. The molecule has 0 aliphatic rings. The van der Waals surface area contributed by atoms with Crippen LogP contribution in [0.1, 0.15) is 149 Å². The van der Waals surface area contributed by atoms with Crippen molar-refractivity contribution in [3.8, 4) is 23.0 Å². The maximum Gasteiger partial charge on any atom is 0.150 e. The van der Waals surface area contributed by atoms with Crippen molar-refractivity contribution in [1.29, 1.82) is 0 Å². The van der Waals surface area contributed by atoms with Crippen LogP contribution in [0.4, 0.5) is 22.7 Å². The third-order valence-corrected chi connectivity index (χ3v) is 11.4. The molecule has 6 aromatic rings. The molecule has 2 N–H and O–H groups in total. The van der Waals surface area contributed by atoms with Gasteiger partial charge in [0.1, 0.15) is 11.5 Å². The molecule has 0 atom stereocenters. The van der Waals surface area contributed by atoms with E-state index in [-0.39, 0.29) is 0 Å². The first-order valence-corrected chi connectivity index (χ1v) is 23.0. The van der Waals surface area contributed by atoms with Gasteiger partial charge in [-0.1, -0.05) is 151 Å². The minimum atomic E-state index is 0.398. The average Bonchev–Trinajstić information content (AvgIpc) is 3.24. The first-order valence-electron chi connectivity index (χ1n) is 23.0. The molecule has 0 saturated carbocycles. The number of benzene rings is 6. The van der Waals surface area contributed by atoms with Gasteiger partial charge in [-0.2, -0.15) is 0 Å². The van der Waals surface area contributed by atoms with E-state index in [2.05, 4.69) is 180 Å². The van der Waals surface area contributed by atoms with Gasteiger partial charge >= 0.3 is 0 Å². The van der Waals surface area contributed by atoms with Crippen LogP contribution in [0, 0.1) is 41.5 Å². The number of rotatable bonds is 13. The summed E-state index contributed by atoms with van der Waals surface area (Å²) in [5, 5.41) is 7.36. The van der Waals surface area contributed by atoms with E-state index in [1.165, 1.54) is 50.2 Å². The summed E-state index contributed by atoms with van der Waals surface area (Å²) in [7, 11) is 1.66. The minimum absolute atomic E-state index is 0.398. The number of hydrogen-bond acceptors (Lipinski definition) is 5. The highest BCUT2D eigenvalue weighted by atomic mass is 16.5. The van der Waals surface area contributed by atoms with Gasteiger partial charge in [0, 0.05) is 11.4 Å². The van der Waals surface area contributed by atoms with Gasteiger partial charge in [-0.05, 0) is 154 Å². The summed E-state index contributed by atoms with van der Waals surface area (Å²) in [6.07, 6.45) is 1.92. The Morgan fingerprint density at radius 3 is 1.30 bits per heavy atom. The predicted octanol–water partition coefficient (Wildman–Crippen LogP) is 18.3. The summed E-state index contributed by atoms with van der Waals surface area (Å²) in [5.74, 6) is 6.24. The summed E-state index contributed by atoms with van der Waals surface area (Å²) in [6.45, 7) is 34.6. The van der Waals surface area contributed by atoms with E-state index in [0.717, 1.165) is 56.9 Å². The van der Waals surface area contributed by atoms with Crippen LogP contribution in [0.2, 0.25) is 0 Å². The normalized spacial score (nSPS) is 11.2. The van der Waals surface area contributed by atoms with Crippen LogP contribution in [0.25, 0.3) is 0 Å². The fourth-order valence-electron chi connectivity index (χ4n) is 7.79. The number of anilines is 4. The predicted molar refractivity (Wildman–Crippen MR) is 277 cm³/mol. The molecule has 0 unspecified atom stereocenters. The standard InChI is InChI=1S/C30H39NO.C24H27NO.C5H10O/c1-19(2)23-17-25(21(5)6)30(26(18-23)22(7)8)31-27-14-10-12-16-29(27)32-28-15-11-9-13-24(28)20(3)4;1-15-11-17(3)23(18(4)12-15)25-21-9-7-8-10-22(21)26-24-19(5)13-16(2)14-20(24)6;1-4-5(2)6-3/h9-22,31H,1-8H3;7-14,25H,1-6H3;4H,1-3H3/b;;5-4+. The molecular formula is C59H76N2O3. The summed E-state index contributed by atoms with van der Waals surface area (Å²) in [6, 6.07) is 38.2. The van der Waals surface area contributed by atoms with Crippen molar-refractivity contribution < 1.29 is 14.2 Å². The lowest BCUT2D eigenvalue weighted by atomic mass is 9.87. The average molecular weight is 861 g/mol. The highest BCUT2D eigenvalue weighted by molar-refractivity contribution is 5.74. The zero-order chi connectivity index (χ0) is 47.2. The Bertz CT molecular complexity index is 2340. The highest BCUT2D eigenvalue weighted by Gasteiger charge is 2.19. The Labute approximate surface area is 387 Å². The van der Waals surface area contributed by atoms with Crippen molar-refractivity contribution in [3.05, 3.63) is 177 Å². The molecule has 0 saturated heterocycles. The number of hydrogen-bond donors (Lipinski definition) is 2. The van der Waals surface area contributed by atoms with E-state index >= 15 is 0 Å². The SMILES string of the molecule is C/C=C(\C)OC.CC(C)c1cc(C(C)C)c(Nc2ccccc2Oc2ccccc2C(C)C)c(C(C)C)c1.Cc1cc(C)c(Nc2ccccc2Oc2c(C)cc(C)cc2C)c(C)c1. The summed E-state index contributed by atoms with van der Waals surface area (Å²) < 4.78 is 17.6. The molecule has 0 aliphatic heterocycles. The van der Waals surface area contributed by atoms with E-state index in [1.807, 2.05) is 56.3 Å². The van der Waals surface area contributed by atoms with E-state index in [1.54, 1.807) is 7.11 Å². The second kappa shape index (κ2) is 23.7. The Kier molecular flexibility index (Phi) is 18.7. The van der Waals surface area contributed by atoms with Gasteiger partial charge in [-0.3, -0.25) is 0 Å². The molecule has 5 nitrogen and oxygen atoms in total. The zero-order valence-corrected chi connectivity index (χ0v) is 42.0. The van der Waals surface area contributed by atoms with Crippen LogP contribution in [0.15, 0.2) is 121 Å². The summed E-state index contributed by atoms with van der Waals surface area (Å²) in [4.78, 5) is 0. The van der Waals surface area contributed by atoms with Crippen LogP contribution in [0.5, 0.6) is 23.0 Å². The van der Waals surface area contributed by atoms with Gasteiger partial charge < -0.3 is 24.8 Å². The molecule has 0 radical (unpaired) electrons. The monoisotopic (exact) mass is 861 g/mol. The Morgan fingerprint density at radius 1 is 0.469 bits per heavy atom. The quantitative estimate of drug-likeness (QED) is 0.113. The number of nitrogens with one attached hydrogen (secondary N) is 2. The zero-order valence-electron chi connectivity index (χ0n) is 42.0. The van der Waals surface area contributed by atoms with Gasteiger partial charge in [0.2, 0.25) is 0 Å². The molecule has 0 bridgehead atoms. The number of ether oxygens (including phenoxy) is 3. The van der Waals surface area contributed by atoms with E-state index in [4.69, 9.17) is 14.2 Å². The van der Waals surface area contributed by atoms with Crippen molar-refractivity contribution in [2.75, 3.05) is 17.7 Å². The fraction of sp³-hybridized carbons (Fsp3) is 0.356. The molecule has 0 aromatic heterocycles. The van der Waals surface area contributed by atoms with Gasteiger partial charge in [0.05, 0.1) is 24.2 Å². The molecule has 6 aromatic carbocycles. The largest absolute Gasteiger partial charge is 0.502 e. The van der Waals surface area contributed by atoms with Gasteiger partial charge in [-0.15, -0.1) is 0 Å². The van der Waals surface area contributed by atoms with Crippen molar-refractivity contribution in [3.63, 3.8) is 0 Å². The summed E-state index contributed by atoms with van der Waals surface area (Å²) >= 11 is 0. The first-order chi connectivity index (χ1) is 30.3. The third-order valence-electron chi connectivity index (χ3n) is 11.4. The molecule has 340 valence electrons. The van der Waals surface area contributed by atoms with Gasteiger partial charge in [-0.25, -0.2) is 0 Å². The molecule has 64 heavy (non-hydrogen) atoms. The van der Waals surface area contributed by atoms with E-state index in [0.29, 0.717) is 23.7 Å². The van der Waals surface area contributed by atoms with Crippen molar-refractivity contribution in [2.45, 2.75) is 134 Å². The highest BCUT2D eigenvalue weighted by Crippen LogP contribution is 2.42. The lowest BCUT2D eigenvalue weighted by Gasteiger charge is -2.25. The van der Waals surface area contributed by atoms with Gasteiger partial charge in [0.15, 0.2) is 11.5 Å². The maximum absolute atomic E-state index is 6.47. The molecule has 6 rings (SSSR count). The van der Waals surface area contributed by atoms with Crippen molar-refractivity contribution in [1.82, 2.24) is 0 Å². The third kappa shape index (κ3) is 13.8. The van der Waals surface area contributed by atoms with Crippen LogP contribution in [-0.2, 0) is 4.74 Å². The number of para-hydroxylation sites is 5. The molecule has 0 fully saturated rings. The number of allylic oxidation sites excluding steroid dienone is 2. The number of methoxy groups -OCH3 is 1. The Balaban J connectivity index is 0.000000253. The Morgan fingerprint density at radius 2 is 0.875 bits per heavy atom. The smallest absolute Gasteiger partial charge is 0.150 e. The lowest BCUT2D eigenvalue weighted by molar-refractivity contribution is 0.293. The van der Waals surface area contributed by atoms with Gasteiger partial charge in [0.25, 0.3) is 0 Å². The van der Waals surface area contributed by atoms with Crippen LogP contribution in [0.3, 0.4) is 0 Å². The minimum Gasteiger partial charge on any atom is -0.502 e. The van der Waals surface area contributed by atoms with E-state index in [9.17, 15) is 0 Å². The molecule has 0 amide bonds. The van der Waals surface area contributed by atoms with Crippen molar-refractivity contribution in [2.24, 2.45) is 0 Å². The molecule has 0 aliphatic carbocycles. The summed E-state index contributed by atoms with van der Waals surface area (Å²) in [5.41, 5.74) is 17.0. The molecular weight excluding hydrogens is 785 g/mol. The second-order valence-electron chi connectivity index (χ2n) is 18.3. The lowest BCUT2D eigenvalue weighted by Crippen LogP contribution is -2.07. The molecule has 0 spiro atoms. The van der Waals surface area contributed by atoms with Crippen LogP contribution < -0.4 is 20.1 Å². The second-order valence-corrected chi connectivity index (χ2v) is 18.3. The van der Waals surface area contributed by atoms with Crippen LogP contribution in [-0.4, -0.2) is 7.11 Å². The fourth-order valence-corrected chi connectivity index (χ4v) is 7.79. The van der Waals surface area contributed by atoms with E-state index < -0.39 is 0 Å². The van der Waals surface area contributed by atoms with Crippen LogP contribution >= 0.6 is 0 Å². The Hall–Kier alpha value is -5.94. The molecule has 5 heteroatoms. The van der Waals surface area contributed by atoms with Crippen molar-refractivity contribution >= 4 is 22.7 Å². The maximum atomic E-state index is 6.47. The topological polar surface area (TPSA) is 51.8 Å².